The Bertz CT molecular complexity index is 474. The van der Waals surface area contributed by atoms with Crippen molar-refractivity contribution in [2.24, 2.45) is 0 Å². The van der Waals surface area contributed by atoms with Crippen molar-refractivity contribution in [1.82, 2.24) is 5.48 Å². The fraction of sp³-hybridized carbons (Fsp3) is 0.947. The summed E-state index contributed by atoms with van der Waals surface area (Å²) in [5.41, 5.74) is 3.97. The molecule has 0 bridgehead atoms. The summed E-state index contributed by atoms with van der Waals surface area (Å²) in [5, 5.41) is 8.55. The van der Waals surface area contributed by atoms with Crippen molar-refractivity contribution in [3.8, 4) is 0 Å². The number of hydrogen-bond donors (Lipinski definition) is 2. The third-order valence-corrected chi connectivity index (χ3v) is 9.05. The lowest BCUT2D eigenvalue weighted by Crippen LogP contribution is -2.07. The second-order valence-electron chi connectivity index (χ2n) is 13.0. The molecule has 0 saturated heterocycles. The Morgan fingerprint density at radius 3 is 0.900 bits per heavy atom. The highest BCUT2D eigenvalue weighted by Gasteiger charge is 2.00. The topological polar surface area (TPSA) is 32.3 Å². The molecule has 40 heavy (non-hydrogen) atoms. The zero-order valence-electron chi connectivity index (χ0n) is 28.1. The second kappa shape index (κ2) is 36.7. The van der Waals surface area contributed by atoms with Crippen molar-refractivity contribution < 1.29 is 5.21 Å². The van der Waals surface area contributed by atoms with Gasteiger partial charge in [0.1, 0.15) is 0 Å². The van der Waals surface area contributed by atoms with Gasteiger partial charge in [-0.1, -0.05) is 198 Å². The molecule has 0 spiro atoms. The molecule has 0 aromatic heterocycles. The van der Waals surface area contributed by atoms with Gasteiger partial charge in [0.25, 0.3) is 0 Å². The first kappa shape index (κ1) is 39.7. The Balaban J connectivity index is 3.26. The first-order chi connectivity index (χ1) is 19.8. The van der Waals surface area contributed by atoms with Gasteiger partial charge in [-0.05, 0) is 39.0 Å². The van der Waals surface area contributed by atoms with Crippen LogP contribution in [0, 0.1) is 0 Å². The Kier molecular flexibility index (Phi) is 36.4. The lowest BCUT2D eigenvalue weighted by atomic mass is 9.99. The highest BCUT2D eigenvalue weighted by Crippen LogP contribution is 2.19. The van der Waals surface area contributed by atoms with Crippen LogP contribution in [0.15, 0.2) is 11.6 Å². The zero-order chi connectivity index (χ0) is 29.0. The van der Waals surface area contributed by atoms with E-state index in [1.807, 2.05) is 0 Å². The largest absolute Gasteiger partial charge is 0.317 e. The Labute approximate surface area is 254 Å². The molecule has 0 aliphatic heterocycles. The Hall–Kier alpha value is -0.340. The predicted molar refractivity (Wildman–Crippen MR) is 182 cm³/mol. The zero-order valence-corrected chi connectivity index (χ0v) is 28.1. The van der Waals surface area contributed by atoms with Gasteiger partial charge in [-0.15, -0.1) is 0 Å². The highest BCUT2D eigenvalue weighted by atomic mass is 16.5. The molecule has 0 radical (unpaired) electrons. The van der Waals surface area contributed by atoms with Crippen LogP contribution < -0.4 is 5.48 Å². The molecule has 0 aromatic rings. The minimum atomic E-state index is 0.746. The summed E-state index contributed by atoms with van der Waals surface area (Å²) in [4.78, 5) is 0. The van der Waals surface area contributed by atoms with Crippen LogP contribution in [0.1, 0.15) is 226 Å². The van der Waals surface area contributed by atoms with Crippen molar-refractivity contribution in [3.05, 3.63) is 11.6 Å². The molecular weight excluding hydrogens is 486 g/mol. The summed E-state index contributed by atoms with van der Waals surface area (Å²) in [7, 11) is 0. The molecule has 2 N–H and O–H groups in total. The summed E-state index contributed by atoms with van der Waals surface area (Å²) >= 11 is 0. The molecule has 0 heterocycles. The number of nitrogens with one attached hydrogen (secondary N) is 1. The van der Waals surface area contributed by atoms with E-state index in [2.05, 4.69) is 25.4 Å². The van der Waals surface area contributed by atoms with E-state index < -0.39 is 0 Å². The van der Waals surface area contributed by atoms with Crippen LogP contribution >= 0.6 is 0 Å². The van der Waals surface area contributed by atoms with Crippen LogP contribution in [0.25, 0.3) is 0 Å². The van der Waals surface area contributed by atoms with Crippen LogP contribution in [-0.2, 0) is 0 Å². The van der Waals surface area contributed by atoms with Crippen LogP contribution in [0.2, 0.25) is 0 Å². The van der Waals surface area contributed by atoms with Gasteiger partial charge in [0.15, 0.2) is 0 Å². The van der Waals surface area contributed by atoms with Crippen molar-refractivity contribution >= 4 is 0 Å². The summed E-state index contributed by atoms with van der Waals surface area (Å²) in [6.07, 6.45) is 49.3. The molecule has 2 heteroatoms. The maximum Gasteiger partial charge on any atom is 0.0207 e. The van der Waals surface area contributed by atoms with Crippen molar-refractivity contribution in [2.75, 3.05) is 6.54 Å². The molecule has 0 saturated carbocycles. The lowest BCUT2D eigenvalue weighted by Gasteiger charge is -2.08. The molecule has 0 aromatic carbocycles. The minimum Gasteiger partial charge on any atom is -0.317 e. The standard InChI is InChI=1S/C38H77NO/c1-3-5-6-7-8-9-10-11-12-14-17-20-23-26-29-32-35-38(4-2)36-33-30-27-24-21-18-15-13-16-19-22-25-28-31-34-37-39-40/h4,39-40H,3,5-37H2,1-2H3. The predicted octanol–water partition coefficient (Wildman–Crippen LogP) is 13.8. The molecule has 0 amide bonds. The van der Waals surface area contributed by atoms with E-state index in [1.165, 1.54) is 205 Å². The van der Waals surface area contributed by atoms with E-state index in [4.69, 9.17) is 5.21 Å². The van der Waals surface area contributed by atoms with Gasteiger partial charge >= 0.3 is 0 Å². The lowest BCUT2D eigenvalue weighted by molar-refractivity contribution is 0.164. The van der Waals surface area contributed by atoms with Crippen LogP contribution in [0.3, 0.4) is 0 Å². The van der Waals surface area contributed by atoms with Crippen molar-refractivity contribution in [2.45, 2.75) is 226 Å². The first-order valence-electron chi connectivity index (χ1n) is 18.9. The fourth-order valence-electron chi connectivity index (χ4n) is 6.17. The van der Waals surface area contributed by atoms with Gasteiger partial charge in [-0.25, -0.2) is 5.48 Å². The van der Waals surface area contributed by atoms with Gasteiger partial charge in [-0.3, -0.25) is 0 Å². The SMILES string of the molecule is CC=C(CCCCCCCCCCCCCCCCCC)CCCCCCCCCCCCCCCCCNO. The van der Waals surface area contributed by atoms with Crippen molar-refractivity contribution in [3.63, 3.8) is 0 Å². The number of hydrogen-bond acceptors (Lipinski definition) is 2. The molecule has 2 nitrogen and oxygen atoms in total. The van der Waals surface area contributed by atoms with Gasteiger partial charge in [0.2, 0.25) is 0 Å². The molecule has 0 rings (SSSR count). The van der Waals surface area contributed by atoms with Gasteiger partial charge in [0.05, 0.1) is 0 Å². The molecular formula is C38H77NO. The van der Waals surface area contributed by atoms with E-state index in [-0.39, 0.29) is 0 Å². The summed E-state index contributed by atoms with van der Waals surface area (Å²) in [5.74, 6) is 0. The molecule has 240 valence electrons. The quantitative estimate of drug-likeness (QED) is 0.0456. The van der Waals surface area contributed by atoms with E-state index in [0.717, 1.165) is 13.0 Å². The van der Waals surface area contributed by atoms with Crippen LogP contribution in [-0.4, -0.2) is 11.8 Å². The highest BCUT2D eigenvalue weighted by molar-refractivity contribution is 4.99. The Morgan fingerprint density at radius 2 is 0.650 bits per heavy atom. The average molecular weight is 564 g/mol. The minimum absolute atomic E-state index is 0.746. The smallest absolute Gasteiger partial charge is 0.0207 e. The van der Waals surface area contributed by atoms with Gasteiger partial charge < -0.3 is 5.21 Å². The maximum absolute atomic E-state index is 8.55. The fourth-order valence-corrected chi connectivity index (χ4v) is 6.17. The molecule has 0 aliphatic rings. The molecule has 0 aliphatic carbocycles. The summed E-state index contributed by atoms with van der Waals surface area (Å²) in [6.45, 7) is 5.31. The number of allylic oxidation sites excluding steroid dienone is 2. The van der Waals surface area contributed by atoms with Gasteiger partial charge in [0, 0.05) is 6.54 Å². The first-order valence-corrected chi connectivity index (χ1v) is 18.9. The number of hydroxylamine groups is 1. The third-order valence-electron chi connectivity index (χ3n) is 9.05. The van der Waals surface area contributed by atoms with E-state index in [0.29, 0.717) is 0 Å². The molecule has 0 fully saturated rings. The average Bonchev–Trinajstić information content (AvgIpc) is 2.97. The monoisotopic (exact) mass is 564 g/mol. The molecule has 0 atom stereocenters. The molecule has 0 unspecified atom stereocenters. The maximum atomic E-state index is 8.55. The number of unbranched alkanes of at least 4 members (excludes halogenated alkanes) is 29. The summed E-state index contributed by atoms with van der Waals surface area (Å²) < 4.78 is 0. The number of rotatable bonds is 35. The van der Waals surface area contributed by atoms with Crippen molar-refractivity contribution in [1.29, 1.82) is 0 Å². The van der Waals surface area contributed by atoms with E-state index in [9.17, 15) is 0 Å². The van der Waals surface area contributed by atoms with E-state index in [1.54, 1.807) is 5.57 Å². The third kappa shape index (κ3) is 33.9. The van der Waals surface area contributed by atoms with Crippen LogP contribution in [0.4, 0.5) is 0 Å². The normalized spacial score (nSPS) is 12.0. The van der Waals surface area contributed by atoms with Crippen LogP contribution in [0.5, 0.6) is 0 Å². The van der Waals surface area contributed by atoms with E-state index >= 15 is 0 Å². The van der Waals surface area contributed by atoms with Gasteiger partial charge in [-0.2, -0.15) is 0 Å². The summed E-state index contributed by atoms with van der Waals surface area (Å²) in [6, 6.07) is 0. The second-order valence-corrected chi connectivity index (χ2v) is 13.0. The Morgan fingerprint density at radius 1 is 0.400 bits per heavy atom.